The van der Waals surface area contributed by atoms with Crippen molar-refractivity contribution < 1.29 is 24.9 Å². The van der Waals surface area contributed by atoms with Crippen molar-refractivity contribution in [3.8, 4) is 5.75 Å². The van der Waals surface area contributed by atoms with Crippen molar-refractivity contribution >= 4 is 17.5 Å². The molecule has 158 valence electrons. The van der Waals surface area contributed by atoms with Gasteiger partial charge < -0.3 is 20.1 Å². The highest BCUT2D eigenvalue weighted by Gasteiger charge is 2.40. The third-order valence-corrected chi connectivity index (χ3v) is 5.49. The Kier molecular flexibility index (Phi) is 9.67. The second kappa shape index (κ2) is 12.0. The van der Waals surface area contributed by atoms with Gasteiger partial charge >= 0.3 is 0 Å². The zero-order valence-corrected chi connectivity index (χ0v) is 17.6. The highest BCUT2D eigenvalue weighted by molar-refractivity contribution is 8.03. The molecule has 0 bridgehead atoms. The predicted molar refractivity (Wildman–Crippen MR) is 117 cm³/mol. The van der Waals surface area contributed by atoms with E-state index in [-0.39, 0.29) is 12.4 Å². The standard InChI is InChI=1S/C23H30O5S/c1-29-21-17-23(27,14-5-6-16-28-19-11-3-2-4-12-19)20(22(21)26)13-7-9-18(25)10-8-15-24/h2-4,7,9,11-13,17-18,24-25,27H,5-6,8,10,14-16H2,1H3/b9-7-,20-13+. The van der Waals surface area contributed by atoms with Gasteiger partial charge in [-0.05, 0) is 56.6 Å². The summed E-state index contributed by atoms with van der Waals surface area (Å²) in [7, 11) is 0. The Labute approximate surface area is 176 Å². The van der Waals surface area contributed by atoms with Gasteiger partial charge in [-0.25, -0.2) is 0 Å². The van der Waals surface area contributed by atoms with E-state index in [0.717, 1.165) is 12.2 Å². The molecule has 0 aromatic heterocycles. The van der Waals surface area contributed by atoms with E-state index >= 15 is 0 Å². The lowest BCUT2D eigenvalue weighted by Crippen LogP contribution is -2.28. The van der Waals surface area contributed by atoms with Crippen molar-refractivity contribution in [1.82, 2.24) is 0 Å². The molecular weight excluding hydrogens is 388 g/mol. The highest BCUT2D eigenvalue weighted by atomic mass is 32.2. The van der Waals surface area contributed by atoms with Crippen molar-refractivity contribution in [2.24, 2.45) is 0 Å². The normalized spacial score (nSPS) is 21.7. The monoisotopic (exact) mass is 418 g/mol. The Morgan fingerprint density at radius 2 is 1.97 bits per heavy atom. The number of carbonyl (C=O) groups is 1. The molecule has 6 heteroatoms. The van der Waals surface area contributed by atoms with Crippen LogP contribution in [0.2, 0.25) is 0 Å². The van der Waals surface area contributed by atoms with Crippen LogP contribution in [0.25, 0.3) is 0 Å². The summed E-state index contributed by atoms with van der Waals surface area (Å²) >= 11 is 1.32. The summed E-state index contributed by atoms with van der Waals surface area (Å²) in [5.74, 6) is 0.646. The van der Waals surface area contributed by atoms with Crippen molar-refractivity contribution in [2.75, 3.05) is 19.5 Å². The number of hydrogen-bond donors (Lipinski definition) is 3. The molecule has 0 heterocycles. The van der Waals surface area contributed by atoms with Gasteiger partial charge in [-0.2, -0.15) is 0 Å². The molecule has 0 saturated heterocycles. The van der Waals surface area contributed by atoms with Crippen molar-refractivity contribution in [3.05, 3.63) is 65.1 Å². The second-order valence-corrected chi connectivity index (χ2v) is 7.83. The lowest BCUT2D eigenvalue weighted by Gasteiger charge is -2.22. The smallest absolute Gasteiger partial charge is 0.198 e. The fourth-order valence-electron chi connectivity index (χ4n) is 3.15. The average molecular weight is 419 g/mol. The van der Waals surface area contributed by atoms with Gasteiger partial charge in [0.1, 0.15) is 11.4 Å². The fraction of sp³-hybridized carbons (Fsp3) is 0.435. The molecule has 0 fully saturated rings. The number of benzene rings is 1. The molecular formula is C23H30O5S. The largest absolute Gasteiger partial charge is 0.494 e. The minimum Gasteiger partial charge on any atom is -0.494 e. The molecule has 29 heavy (non-hydrogen) atoms. The fourth-order valence-corrected chi connectivity index (χ4v) is 3.76. The van der Waals surface area contributed by atoms with Gasteiger partial charge in [-0.3, -0.25) is 4.79 Å². The SMILES string of the molecule is CSC1=CC(O)(CCCCOc2ccccc2)/C(=C/C=C\C(O)CCCO)C1=O. The van der Waals surface area contributed by atoms with Crippen LogP contribution >= 0.6 is 11.8 Å². The van der Waals surface area contributed by atoms with Crippen LogP contribution in [-0.4, -0.2) is 52.3 Å². The number of allylic oxidation sites excluding steroid dienone is 3. The van der Waals surface area contributed by atoms with Crippen molar-refractivity contribution in [3.63, 3.8) is 0 Å². The number of carbonyl (C=O) groups excluding carboxylic acids is 1. The Morgan fingerprint density at radius 3 is 2.66 bits per heavy atom. The Bertz CT molecular complexity index is 741. The summed E-state index contributed by atoms with van der Waals surface area (Å²) in [6.07, 6.45) is 10.4. The molecule has 3 N–H and O–H groups in total. The lowest BCUT2D eigenvalue weighted by molar-refractivity contribution is -0.112. The molecule has 0 spiro atoms. The molecule has 0 saturated carbocycles. The number of Topliss-reactive ketones (excluding diaryl/α,β-unsaturated/α-hetero) is 1. The number of para-hydroxylation sites is 1. The molecule has 2 unspecified atom stereocenters. The van der Waals surface area contributed by atoms with Crippen LogP contribution < -0.4 is 4.74 Å². The number of aliphatic hydroxyl groups excluding tert-OH is 2. The maximum atomic E-state index is 12.6. The molecule has 2 atom stereocenters. The summed E-state index contributed by atoms with van der Waals surface area (Å²) in [6, 6.07) is 9.57. The van der Waals surface area contributed by atoms with Crippen LogP contribution in [0, 0.1) is 0 Å². The van der Waals surface area contributed by atoms with Gasteiger partial charge in [0.2, 0.25) is 0 Å². The summed E-state index contributed by atoms with van der Waals surface area (Å²) in [4.78, 5) is 13.1. The summed E-state index contributed by atoms with van der Waals surface area (Å²) < 4.78 is 5.68. The maximum Gasteiger partial charge on any atom is 0.198 e. The van der Waals surface area contributed by atoms with Gasteiger partial charge in [-0.1, -0.05) is 36.4 Å². The first-order valence-corrected chi connectivity index (χ1v) is 11.1. The van der Waals surface area contributed by atoms with E-state index in [1.54, 1.807) is 24.3 Å². The number of hydrogen-bond acceptors (Lipinski definition) is 6. The first kappa shape index (κ1) is 23.4. The zero-order valence-electron chi connectivity index (χ0n) is 16.8. The molecule has 1 aliphatic rings. The van der Waals surface area contributed by atoms with Crippen LogP contribution in [0.4, 0.5) is 0 Å². The van der Waals surface area contributed by atoms with Crippen LogP contribution in [0.1, 0.15) is 32.1 Å². The van der Waals surface area contributed by atoms with Crippen LogP contribution in [0.3, 0.4) is 0 Å². The average Bonchev–Trinajstić information content (AvgIpc) is 2.97. The number of thioether (sulfide) groups is 1. The lowest BCUT2D eigenvalue weighted by atomic mass is 9.90. The molecule has 1 aromatic rings. The minimum absolute atomic E-state index is 0.0270. The van der Waals surface area contributed by atoms with Gasteiger partial charge in [0.25, 0.3) is 0 Å². The number of ether oxygens (including phenoxy) is 1. The van der Waals surface area contributed by atoms with E-state index in [0.29, 0.717) is 42.8 Å². The van der Waals surface area contributed by atoms with Gasteiger partial charge in [0.05, 0.1) is 17.6 Å². The van der Waals surface area contributed by atoms with Crippen molar-refractivity contribution in [1.29, 1.82) is 0 Å². The molecule has 0 amide bonds. The van der Waals surface area contributed by atoms with E-state index in [1.165, 1.54) is 11.8 Å². The molecule has 5 nitrogen and oxygen atoms in total. The molecule has 0 radical (unpaired) electrons. The maximum absolute atomic E-state index is 12.6. The van der Waals surface area contributed by atoms with E-state index in [4.69, 9.17) is 9.84 Å². The van der Waals surface area contributed by atoms with E-state index in [1.807, 2.05) is 36.6 Å². The minimum atomic E-state index is -1.30. The summed E-state index contributed by atoms with van der Waals surface area (Å²) in [6.45, 7) is 0.572. The first-order valence-electron chi connectivity index (χ1n) is 9.90. The molecule has 1 aromatic carbocycles. The summed E-state index contributed by atoms with van der Waals surface area (Å²) in [5.41, 5.74) is -0.973. The zero-order chi connectivity index (χ0) is 21.1. The van der Waals surface area contributed by atoms with Crippen LogP contribution in [0.15, 0.2) is 65.1 Å². The second-order valence-electron chi connectivity index (χ2n) is 6.98. The van der Waals surface area contributed by atoms with Crippen molar-refractivity contribution in [2.45, 2.75) is 43.8 Å². The van der Waals surface area contributed by atoms with Gasteiger partial charge in [-0.15, -0.1) is 11.8 Å². The number of ketones is 1. The van der Waals surface area contributed by atoms with Gasteiger partial charge in [0.15, 0.2) is 5.78 Å². The molecule has 2 rings (SSSR count). The number of unbranched alkanes of at least 4 members (excludes halogenated alkanes) is 1. The van der Waals surface area contributed by atoms with E-state index < -0.39 is 11.7 Å². The Morgan fingerprint density at radius 1 is 1.21 bits per heavy atom. The van der Waals surface area contributed by atoms with Crippen LogP contribution in [0.5, 0.6) is 5.75 Å². The highest BCUT2D eigenvalue weighted by Crippen LogP contribution is 2.38. The van der Waals surface area contributed by atoms with E-state index in [2.05, 4.69) is 0 Å². The molecule has 0 aliphatic heterocycles. The Hall–Kier alpha value is -1.86. The topological polar surface area (TPSA) is 87.0 Å². The third kappa shape index (κ3) is 7.16. The quantitative estimate of drug-likeness (QED) is 0.356. The molecule has 1 aliphatic carbocycles. The summed E-state index contributed by atoms with van der Waals surface area (Å²) in [5, 5.41) is 29.7. The first-order chi connectivity index (χ1) is 14.0. The third-order valence-electron chi connectivity index (χ3n) is 4.74. The predicted octanol–water partition coefficient (Wildman–Crippen LogP) is 3.41. The van der Waals surface area contributed by atoms with Gasteiger partial charge in [0, 0.05) is 12.2 Å². The van der Waals surface area contributed by atoms with Crippen LogP contribution in [-0.2, 0) is 4.79 Å². The number of rotatable bonds is 12. The van der Waals surface area contributed by atoms with E-state index in [9.17, 15) is 15.0 Å². The number of aliphatic hydroxyl groups is 3. The Balaban J connectivity index is 1.94.